The second-order valence-electron chi connectivity index (χ2n) is 6.84. The molecule has 2 aromatic carbocycles. The van der Waals surface area contributed by atoms with Crippen molar-refractivity contribution in [3.8, 4) is 17.1 Å². The molecule has 0 bridgehead atoms. The highest BCUT2D eigenvalue weighted by Crippen LogP contribution is 2.23. The number of benzene rings is 2. The summed E-state index contributed by atoms with van der Waals surface area (Å²) < 4.78 is 1.69. The Hall–Kier alpha value is -3.48. The molecule has 0 saturated carbocycles. The molecule has 0 atom stereocenters. The minimum atomic E-state index is -0.301. The second kappa shape index (κ2) is 7.64. The Labute approximate surface area is 162 Å². The molecular formula is C21H21N5O2. The molecule has 2 heterocycles. The molecule has 7 heteroatoms. The zero-order chi connectivity index (χ0) is 19.5. The number of carbonyl (C=O) groups excluding carboxylic acids is 2. The third-order valence-electron chi connectivity index (χ3n) is 5.02. The van der Waals surface area contributed by atoms with Crippen molar-refractivity contribution in [3.05, 3.63) is 66.5 Å². The van der Waals surface area contributed by atoms with Gasteiger partial charge in [-0.15, -0.1) is 5.10 Å². The van der Waals surface area contributed by atoms with E-state index in [2.05, 4.69) is 10.1 Å². The fraction of sp³-hybridized carbons (Fsp3) is 0.238. The second-order valence-corrected chi connectivity index (χ2v) is 6.84. The molecule has 1 aliphatic rings. The van der Waals surface area contributed by atoms with Gasteiger partial charge in [-0.25, -0.2) is 9.67 Å². The largest absolute Gasteiger partial charge is 0.369 e. The molecule has 0 radical (unpaired) electrons. The number of aromatic nitrogens is 3. The molecule has 1 fully saturated rings. The number of nitrogens with two attached hydrogens (primary N) is 1. The average molecular weight is 375 g/mol. The fourth-order valence-electron chi connectivity index (χ4n) is 3.43. The zero-order valence-electron chi connectivity index (χ0n) is 15.4. The Morgan fingerprint density at radius 2 is 1.54 bits per heavy atom. The van der Waals surface area contributed by atoms with E-state index in [4.69, 9.17) is 5.73 Å². The highest BCUT2D eigenvalue weighted by Gasteiger charge is 2.29. The van der Waals surface area contributed by atoms with Gasteiger partial charge >= 0.3 is 0 Å². The molecule has 3 aromatic rings. The van der Waals surface area contributed by atoms with Crippen LogP contribution in [0.25, 0.3) is 17.1 Å². The normalized spacial score (nSPS) is 14.8. The van der Waals surface area contributed by atoms with Crippen molar-refractivity contribution >= 4 is 11.8 Å². The van der Waals surface area contributed by atoms with Crippen molar-refractivity contribution in [2.45, 2.75) is 12.8 Å². The van der Waals surface area contributed by atoms with Crippen molar-refractivity contribution in [1.82, 2.24) is 19.7 Å². The van der Waals surface area contributed by atoms with Crippen LogP contribution in [0.4, 0.5) is 0 Å². The maximum Gasteiger partial charge on any atom is 0.293 e. The van der Waals surface area contributed by atoms with Crippen molar-refractivity contribution in [2.75, 3.05) is 13.1 Å². The van der Waals surface area contributed by atoms with E-state index in [1.165, 1.54) is 0 Å². The van der Waals surface area contributed by atoms with E-state index < -0.39 is 0 Å². The van der Waals surface area contributed by atoms with Gasteiger partial charge in [0.2, 0.25) is 11.7 Å². The Morgan fingerprint density at radius 3 is 2.14 bits per heavy atom. The lowest BCUT2D eigenvalue weighted by atomic mass is 9.96. The Morgan fingerprint density at radius 1 is 0.929 bits per heavy atom. The minimum Gasteiger partial charge on any atom is -0.369 e. The minimum absolute atomic E-state index is 0.153. The number of carbonyl (C=O) groups is 2. The van der Waals surface area contributed by atoms with Gasteiger partial charge in [0.05, 0.1) is 5.69 Å². The van der Waals surface area contributed by atoms with Gasteiger partial charge in [-0.3, -0.25) is 9.59 Å². The summed E-state index contributed by atoms with van der Waals surface area (Å²) >= 11 is 0. The van der Waals surface area contributed by atoms with Gasteiger partial charge in [0.1, 0.15) is 0 Å². The molecule has 0 unspecified atom stereocenters. The highest BCUT2D eigenvalue weighted by molar-refractivity contribution is 5.91. The first-order chi connectivity index (χ1) is 13.6. The lowest BCUT2D eigenvalue weighted by Crippen LogP contribution is -2.42. The topological polar surface area (TPSA) is 94.1 Å². The SMILES string of the molecule is NC(=O)C1CCN(C(=O)c2nc(-c3ccccc3)n(-c3ccccc3)n2)CC1. The summed E-state index contributed by atoms with van der Waals surface area (Å²) in [4.78, 5) is 30.6. The predicted molar refractivity (Wildman–Crippen MR) is 105 cm³/mol. The van der Waals surface area contributed by atoms with E-state index in [9.17, 15) is 9.59 Å². The number of piperidine rings is 1. The van der Waals surface area contributed by atoms with Crippen molar-refractivity contribution < 1.29 is 9.59 Å². The number of hydrogen-bond donors (Lipinski definition) is 1. The van der Waals surface area contributed by atoms with Crippen molar-refractivity contribution in [1.29, 1.82) is 0 Å². The third-order valence-corrected chi connectivity index (χ3v) is 5.02. The number of nitrogens with zero attached hydrogens (tertiary/aromatic N) is 4. The van der Waals surface area contributed by atoms with E-state index >= 15 is 0 Å². The standard InChI is InChI=1S/C21H21N5O2/c22-18(27)15-11-13-25(14-12-15)21(28)19-23-20(16-7-3-1-4-8-16)26(24-19)17-9-5-2-6-10-17/h1-10,15H,11-14H2,(H2,22,27). The molecule has 142 valence electrons. The van der Waals surface area contributed by atoms with Crippen LogP contribution in [0.2, 0.25) is 0 Å². The van der Waals surface area contributed by atoms with E-state index in [-0.39, 0.29) is 23.6 Å². The van der Waals surface area contributed by atoms with Gasteiger partial charge in [-0.1, -0.05) is 48.5 Å². The van der Waals surface area contributed by atoms with Crippen LogP contribution in [-0.2, 0) is 4.79 Å². The summed E-state index contributed by atoms with van der Waals surface area (Å²) in [6, 6.07) is 19.3. The molecule has 1 aromatic heterocycles. The molecule has 0 aliphatic carbocycles. The summed E-state index contributed by atoms with van der Waals surface area (Å²) in [5.41, 5.74) is 7.10. The van der Waals surface area contributed by atoms with Crippen LogP contribution in [0.1, 0.15) is 23.5 Å². The van der Waals surface area contributed by atoms with Crippen LogP contribution in [-0.4, -0.2) is 44.6 Å². The molecule has 2 N–H and O–H groups in total. The van der Waals surface area contributed by atoms with Crippen LogP contribution in [0.15, 0.2) is 60.7 Å². The predicted octanol–water partition coefficient (Wildman–Crippen LogP) is 2.27. The van der Waals surface area contributed by atoms with Gasteiger partial charge in [-0.05, 0) is 25.0 Å². The quantitative estimate of drug-likeness (QED) is 0.757. The van der Waals surface area contributed by atoms with Crippen LogP contribution < -0.4 is 5.73 Å². The molecule has 28 heavy (non-hydrogen) atoms. The zero-order valence-corrected chi connectivity index (χ0v) is 15.4. The van der Waals surface area contributed by atoms with Crippen molar-refractivity contribution in [3.63, 3.8) is 0 Å². The van der Waals surface area contributed by atoms with E-state index in [1.54, 1.807) is 9.58 Å². The molecule has 7 nitrogen and oxygen atoms in total. The van der Waals surface area contributed by atoms with Gasteiger partial charge in [0.15, 0.2) is 5.82 Å². The lowest BCUT2D eigenvalue weighted by molar-refractivity contribution is -0.123. The first kappa shape index (κ1) is 17.9. The van der Waals surface area contributed by atoms with Gasteiger partial charge in [0, 0.05) is 24.6 Å². The van der Waals surface area contributed by atoms with Gasteiger partial charge in [-0.2, -0.15) is 0 Å². The number of para-hydroxylation sites is 1. The monoisotopic (exact) mass is 375 g/mol. The first-order valence-electron chi connectivity index (χ1n) is 9.30. The van der Waals surface area contributed by atoms with Gasteiger partial charge in [0.25, 0.3) is 5.91 Å². The number of rotatable bonds is 4. The smallest absolute Gasteiger partial charge is 0.293 e. The summed E-state index contributed by atoms with van der Waals surface area (Å²) in [7, 11) is 0. The number of amides is 2. The Bertz CT molecular complexity index is 920. The number of primary amides is 1. The van der Waals surface area contributed by atoms with Crippen LogP contribution in [0.5, 0.6) is 0 Å². The molecular weight excluding hydrogens is 354 g/mol. The molecule has 1 aliphatic heterocycles. The lowest BCUT2D eigenvalue weighted by Gasteiger charge is -2.29. The first-order valence-corrected chi connectivity index (χ1v) is 9.30. The summed E-state index contributed by atoms with van der Waals surface area (Å²) in [6.07, 6.45) is 1.15. The summed E-state index contributed by atoms with van der Waals surface area (Å²) in [5, 5.41) is 4.51. The third kappa shape index (κ3) is 3.51. The molecule has 4 rings (SSSR count). The molecule has 0 spiro atoms. The maximum atomic E-state index is 13.0. The van der Waals surface area contributed by atoms with Crippen LogP contribution >= 0.6 is 0 Å². The van der Waals surface area contributed by atoms with E-state index in [0.717, 1.165) is 11.3 Å². The van der Waals surface area contributed by atoms with Gasteiger partial charge < -0.3 is 10.6 Å². The molecule has 2 amide bonds. The van der Waals surface area contributed by atoms with Crippen LogP contribution in [0.3, 0.4) is 0 Å². The fourth-order valence-corrected chi connectivity index (χ4v) is 3.43. The summed E-state index contributed by atoms with van der Waals surface area (Å²) in [6.45, 7) is 0.958. The van der Waals surface area contributed by atoms with Crippen LogP contribution in [0, 0.1) is 5.92 Å². The summed E-state index contributed by atoms with van der Waals surface area (Å²) in [5.74, 6) is 0.0703. The van der Waals surface area contributed by atoms with E-state index in [1.807, 2.05) is 60.7 Å². The Balaban J connectivity index is 1.66. The maximum absolute atomic E-state index is 13.0. The number of likely N-dealkylation sites (tertiary alicyclic amines) is 1. The number of hydrogen-bond acceptors (Lipinski definition) is 4. The Kier molecular flexibility index (Phi) is 4.89. The average Bonchev–Trinajstić information content (AvgIpc) is 3.20. The van der Waals surface area contributed by atoms with Crippen molar-refractivity contribution in [2.24, 2.45) is 11.7 Å². The molecule has 1 saturated heterocycles. The highest BCUT2D eigenvalue weighted by atomic mass is 16.2. The van der Waals surface area contributed by atoms with E-state index in [0.29, 0.717) is 31.8 Å².